The van der Waals surface area contributed by atoms with Gasteiger partial charge >= 0.3 is 0 Å². The van der Waals surface area contributed by atoms with Crippen LogP contribution in [0.25, 0.3) is 11.0 Å². The molecule has 3 aromatic rings. The fraction of sp³-hybridized carbons (Fsp3) is 0.211. The van der Waals surface area contributed by atoms with Gasteiger partial charge in [-0.1, -0.05) is 25.1 Å². The quantitative estimate of drug-likeness (QED) is 0.733. The van der Waals surface area contributed by atoms with E-state index in [1.807, 2.05) is 25.1 Å². The number of fused-ring (bicyclic) bond motifs is 1. The van der Waals surface area contributed by atoms with Gasteiger partial charge in [0.05, 0.1) is 11.0 Å². The molecule has 0 bridgehead atoms. The van der Waals surface area contributed by atoms with Crippen molar-refractivity contribution in [3.05, 3.63) is 59.5 Å². The van der Waals surface area contributed by atoms with Crippen LogP contribution >= 0.6 is 0 Å². The second kappa shape index (κ2) is 7.25. The largest absolute Gasteiger partial charge is 0.368 e. The Labute approximate surface area is 145 Å². The average Bonchev–Trinajstić information content (AvgIpc) is 2.62. The lowest BCUT2D eigenvalue weighted by molar-refractivity contribution is 0.102. The normalized spacial score (nSPS) is 10.7. The predicted octanol–water partition coefficient (Wildman–Crippen LogP) is 4.15. The molecule has 2 N–H and O–H groups in total. The number of aryl methyl sites for hydroxylation is 1. The van der Waals surface area contributed by atoms with E-state index in [9.17, 15) is 9.18 Å². The number of anilines is 2. The number of halogens is 1. The molecule has 0 fully saturated rings. The van der Waals surface area contributed by atoms with Crippen LogP contribution in [0.2, 0.25) is 0 Å². The number of benzene rings is 2. The minimum Gasteiger partial charge on any atom is -0.368 e. The number of nitrogens with zero attached hydrogens (tertiary/aromatic N) is 2. The third kappa shape index (κ3) is 3.74. The predicted molar refractivity (Wildman–Crippen MR) is 97.4 cm³/mol. The Morgan fingerprint density at radius 3 is 2.52 bits per heavy atom. The Morgan fingerprint density at radius 1 is 1.12 bits per heavy atom. The maximum atomic E-state index is 13.7. The van der Waals surface area contributed by atoms with E-state index in [0.29, 0.717) is 34.6 Å². The molecule has 5 nitrogen and oxygen atoms in total. The van der Waals surface area contributed by atoms with Crippen molar-refractivity contribution in [3.63, 3.8) is 0 Å². The van der Waals surface area contributed by atoms with Gasteiger partial charge in [0.25, 0.3) is 5.91 Å². The van der Waals surface area contributed by atoms with Gasteiger partial charge in [-0.3, -0.25) is 4.79 Å². The number of hydrogen-bond acceptors (Lipinski definition) is 4. The van der Waals surface area contributed by atoms with Crippen molar-refractivity contribution < 1.29 is 9.18 Å². The molecule has 0 unspecified atom stereocenters. The standard InChI is InChI=1S/C19H19FN4O/c1-3-10-21-18-17(23-15-6-4-5-7-16(15)24-18)19(25)22-13-9-8-12(2)14(20)11-13/h4-9,11H,3,10H2,1-2H3,(H,21,24)(H,22,25). The summed E-state index contributed by atoms with van der Waals surface area (Å²) in [6.45, 7) is 4.37. The van der Waals surface area contributed by atoms with E-state index >= 15 is 0 Å². The molecule has 3 rings (SSSR count). The summed E-state index contributed by atoms with van der Waals surface area (Å²) < 4.78 is 13.7. The lowest BCUT2D eigenvalue weighted by Crippen LogP contribution is -2.18. The molecular formula is C19H19FN4O. The van der Waals surface area contributed by atoms with Crippen LogP contribution in [0.3, 0.4) is 0 Å². The summed E-state index contributed by atoms with van der Waals surface area (Å²) in [5.41, 5.74) is 2.43. The van der Waals surface area contributed by atoms with Gasteiger partial charge in [-0.05, 0) is 43.2 Å². The van der Waals surface area contributed by atoms with Gasteiger partial charge in [0, 0.05) is 12.2 Å². The fourth-order valence-electron chi connectivity index (χ4n) is 2.39. The smallest absolute Gasteiger partial charge is 0.278 e. The van der Waals surface area contributed by atoms with Gasteiger partial charge in [0.15, 0.2) is 11.5 Å². The Morgan fingerprint density at radius 2 is 1.84 bits per heavy atom. The van der Waals surface area contributed by atoms with Crippen molar-refractivity contribution in [1.82, 2.24) is 9.97 Å². The van der Waals surface area contributed by atoms with Crippen molar-refractivity contribution in [2.24, 2.45) is 0 Å². The summed E-state index contributed by atoms with van der Waals surface area (Å²) in [5, 5.41) is 5.82. The van der Waals surface area contributed by atoms with Crippen molar-refractivity contribution >= 4 is 28.4 Å². The first kappa shape index (κ1) is 16.8. The summed E-state index contributed by atoms with van der Waals surface area (Å²) in [5.74, 6) is -0.377. The monoisotopic (exact) mass is 338 g/mol. The molecule has 1 heterocycles. The zero-order valence-electron chi connectivity index (χ0n) is 14.1. The molecule has 1 aromatic heterocycles. The van der Waals surface area contributed by atoms with Gasteiger partial charge in [-0.2, -0.15) is 0 Å². The second-order valence-electron chi connectivity index (χ2n) is 5.75. The molecule has 0 saturated carbocycles. The first-order valence-corrected chi connectivity index (χ1v) is 8.16. The highest BCUT2D eigenvalue weighted by Crippen LogP contribution is 2.19. The summed E-state index contributed by atoms with van der Waals surface area (Å²) in [6, 6.07) is 11.9. The molecule has 0 aliphatic carbocycles. The van der Waals surface area contributed by atoms with Crippen molar-refractivity contribution in [2.45, 2.75) is 20.3 Å². The molecule has 2 aromatic carbocycles. The molecule has 128 valence electrons. The highest BCUT2D eigenvalue weighted by atomic mass is 19.1. The maximum absolute atomic E-state index is 13.7. The number of hydrogen-bond donors (Lipinski definition) is 2. The van der Waals surface area contributed by atoms with E-state index < -0.39 is 5.91 Å². The summed E-state index contributed by atoms with van der Waals surface area (Å²) in [7, 11) is 0. The van der Waals surface area contributed by atoms with Crippen LogP contribution in [-0.4, -0.2) is 22.4 Å². The minimum absolute atomic E-state index is 0.188. The number of carbonyl (C=O) groups excluding carboxylic acids is 1. The Balaban J connectivity index is 1.96. The van der Waals surface area contributed by atoms with Crippen LogP contribution in [0.4, 0.5) is 15.9 Å². The lowest BCUT2D eigenvalue weighted by Gasteiger charge is -2.12. The van der Waals surface area contributed by atoms with Gasteiger partial charge < -0.3 is 10.6 Å². The molecule has 25 heavy (non-hydrogen) atoms. The lowest BCUT2D eigenvalue weighted by atomic mass is 10.2. The molecule has 0 spiro atoms. The van der Waals surface area contributed by atoms with E-state index in [1.54, 1.807) is 25.1 Å². The maximum Gasteiger partial charge on any atom is 0.278 e. The Hall–Kier alpha value is -3.02. The zero-order valence-corrected chi connectivity index (χ0v) is 14.1. The first-order chi connectivity index (χ1) is 12.1. The van der Waals surface area contributed by atoms with Gasteiger partial charge in [0.1, 0.15) is 5.82 Å². The highest BCUT2D eigenvalue weighted by Gasteiger charge is 2.17. The first-order valence-electron chi connectivity index (χ1n) is 8.16. The molecular weight excluding hydrogens is 319 g/mol. The van der Waals surface area contributed by atoms with E-state index in [-0.39, 0.29) is 11.5 Å². The topological polar surface area (TPSA) is 66.9 Å². The highest BCUT2D eigenvalue weighted by molar-refractivity contribution is 6.07. The van der Waals surface area contributed by atoms with Gasteiger partial charge in [0.2, 0.25) is 0 Å². The van der Waals surface area contributed by atoms with Crippen LogP contribution in [0.5, 0.6) is 0 Å². The molecule has 0 saturated heterocycles. The van der Waals surface area contributed by atoms with Crippen molar-refractivity contribution in [2.75, 3.05) is 17.2 Å². The van der Waals surface area contributed by atoms with Crippen LogP contribution in [0, 0.1) is 12.7 Å². The Kier molecular flexibility index (Phi) is 4.88. The van der Waals surface area contributed by atoms with E-state index in [1.165, 1.54) is 6.07 Å². The summed E-state index contributed by atoms with van der Waals surface area (Å²) in [6.07, 6.45) is 0.888. The third-order valence-corrected chi connectivity index (χ3v) is 3.76. The third-order valence-electron chi connectivity index (χ3n) is 3.76. The number of amides is 1. The van der Waals surface area contributed by atoms with E-state index in [2.05, 4.69) is 20.6 Å². The van der Waals surface area contributed by atoms with Gasteiger partial charge in [-0.15, -0.1) is 0 Å². The van der Waals surface area contributed by atoms with Crippen LogP contribution in [0.15, 0.2) is 42.5 Å². The zero-order chi connectivity index (χ0) is 17.8. The number of aromatic nitrogens is 2. The fourth-order valence-corrected chi connectivity index (χ4v) is 2.39. The average molecular weight is 338 g/mol. The van der Waals surface area contributed by atoms with Crippen molar-refractivity contribution in [1.29, 1.82) is 0 Å². The van der Waals surface area contributed by atoms with E-state index in [4.69, 9.17) is 0 Å². The number of nitrogens with one attached hydrogen (secondary N) is 2. The van der Waals surface area contributed by atoms with Gasteiger partial charge in [-0.25, -0.2) is 14.4 Å². The molecule has 0 radical (unpaired) electrons. The van der Waals surface area contributed by atoms with Crippen LogP contribution in [-0.2, 0) is 0 Å². The molecule has 6 heteroatoms. The summed E-state index contributed by atoms with van der Waals surface area (Å²) in [4.78, 5) is 21.6. The summed E-state index contributed by atoms with van der Waals surface area (Å²) >= 11 is 0. The second-order valence-corrected chi connectivity index (χ2v) is 5.75. The number of para-hydroxylation sites is 2. The van der Waals surface area contributed by atoms with Crippen LogP contribution < -0.4 is 10.6 Å². The van der Waals surface area contributed by atoms with Crippen LogP contribution in [0.1, 0.15) is 29.4 Å². The SMILES string of the molecule is CCCNc1nc2ccccc2nc1C(=O)Nc1ccc(C)c(F)c1. The van der Waals surface area contributed by atoms with E-state index in [0.717, 1.165) is 6.42 Å². The molecule has 1 amide bonds. The molecule has 0 atom stereocenters. The Bertz CT molecular complexity index is 926. The number of rotatable bonds is 5. The molecule has 0 aliphatic rings. The molecule has 0 aliphatic heterocycles. The number of carbonyl (C=O) groups is 1. The van der Waals surface area contributed by atoms with Crippen molar-refractivity contribution in [3.8, 4) is 0 Å². The minimum atomic E-state index is -0.430.